The molecule has 0 aromatic heterocycles. The summed E-state index contributed by atoms with van der Waals surface area (Å²) in [7, 11) is 0. The lowest BCUT2D eigenvalue weighted by Crippen LogP contribution is -2.63. The molecule has 0 aromatic carbocycles. The molecule has 6 fully saturated rings. The van der Waals surface area contributed by atoms with E-state index in [4.69, 9.17) is 14.2 Å². The molecule has 12 unspecified atom stereocenters. The predicted molar refractivity (Wildman–Crippen MR) is 154 cm³/mol. The number of hydrogen-bond donors (Lipinski definition) is 2. The Morgan fingerprint density at radius 1 is 0.854 bits per heavy atom. The lowest BCUT2D eigenvalue weighted by Gasteiger charge is -2.64. The van der Waals surface area contributed by atoms with Gasteiger partial charge in [-0.05, 0) is 106 Å². The van der Waals surface area contributed by atoms with Crippen molar-refractivity contribution in [3.8, 4) is 0 Å². The zero-order valence-corrected chi connectivity index (χ0v) is 26.8. The summed E-state index contributed by atoms with van der Waals surface area (Å²) in [6.45, 7) is 18.1. The van der Waals surface area contributed by atoms with Crippen LogP contribution >= 0.6 is 0 Å². The Morgan fingerprint density at radius 2 is 1.51 bits per heavy atom. The van der Waals surface area contributed by atoms with Crippen molar-refractivity contribution in [2.45, 2.75) is 156 Å². The summed E-state index contributed by atoms with van der Waals surface area (Å²) in [5.41, 5.74) is -1.80. The van der Waals surface area contributed by atoms with Gasteiger partial charge in [0.15, 0.2) is 0 Å². The topological polar surface area (TPSA) is 102 Å². The molecule has 5 aliphatic carbocycles. The van der Waals surface area contributed by atoms with Gasteiger partial charge in [-0.3, -0.25) is 9.59 Å². The van der Waals surface area contributed by atoms with Crippen LogP contribution in [0.2, 0.25) is 0 Å². The Kier molecular flexibility index (Phi) is 6.35. The second-order valence-corrected chi connectivity index (χ2v) is 17.1. The molecule has 2 N–H and O–H groups in total. The van der Waals surface area contributed by atoms with Gasteiger partial charge in [-0.15, -0.1) is 0 Å². The van der Waals surface area contributed by atoms with E-state index in [9.17, 15) is 19.8 Å². The quantitative estimate of drug-likeness (QED) is 0.423. The SMILES string of the molecule is CC(=O)OC1CC2C3(C)CC(O)C(C4(C)CCC(C(C)(C)O)O4)C3(C)CCC23CC32CCC(OC(C)=O)C(C)(C)C12. The third kappa shape index (κ3) is 3.79. The van der Waals surface area contributed by atoms with E-state index in [1.54, 1.807) is 0 Å². The minimum absolute atomic E-state index is 0.0274. The van der Waals surface area contributed by atoms with Crippen LogP contribution in [-0.2, 0) is 23.8 Å². The van der Waals surface area contributed by atoms with E-state index < -0.39 is 17.3 Å². The summed E-state index contributed by atoms with van der Waals surface area (Å²) in [4.78, 5) is 24.6. The highest BCUT2D eigenvalue weighted by atomic mass is 16.6. The predicted octanol–water partition coefficient (Wildman–Crippen LogP) is 5.58. The molecule has 6 rings (SSSR count). The average Bonchev–Trinajstić information content (AvgIpc) is 3.18. The zero-order chi connectivity index (χ0) is 30.2. The molecule has 1 saturated heterocycles. The Hall–Kier alpha value is -1.18. The molecule has 12 atom stereocenters. The standard InChI is InChI=1S/C34H54O7/c1-19(35)39-22-16-23-31(8)17-21(37)26(32(9)12-10-25(41-32)29(5,6)38)30(31,7)14-15-33(23)18-34(33)13-11-24(40-20(2)36)28(3,4)27(22)34/h21-27,37-38H,10-18H2,1-9H3. The van der Waals surface area contributed by atoms with E-state index in [2.05, 4.69) is 34.6 Å². The number of hydrogen-bond acceptors (Lipinski definition) is 7. The summed E-state index contributed by atoms with van der Waals surface area (Å²) >= 11 is 0. The maximum Gasteiger partial charge on any atom is 0.302 e. The number of carbonyl (C=O) groups is 2. The highest BCUT2D eigenvalue weighted by Gasteiger charge is 2.85. The minimum Gasteiger partial charge on any atom is -0.462 e. The van der Waals surface area contributed by atoms with E-state index in [0.29, 0.717) is 5.92 Å². The van der Waals surface area contributed by atoms with Crippen LogP contribution in [0.3, 0.4) is 0 Å². The van der Waals surface area contributed by atoms with Crippen molar-refractivity contribution in [1.29, 1.82) is 0 Å². The van der Waals surface area contributed by atoms with Gasteiger partial charge in [0.05, 0.1) is 23.4 Å². The van der Waals surface area contributed by atoms with E-state index in [0.717, 1.165) is 57.8 Å². The average molecular weight is 575 g/mol. The highest BCUT2D eigenvalue weighted by Crippen LogP contribution is 2.89. The maximum absolute atomic E-state index is 12.6. The van der Waals surface area contributed by atoms with Crippen molar-refractivity contribution in [2.24, 2.45) is 44.8 Å². The summed E-state index contributed by atoms with van der Waals surface area (Å²) < 4.78 is 18.8. The number of rotatable bonds is 4. The third-order valence-corrected chi connectivity index (χ3v) is 14.3. The van der Waals surface area contributed by atoms with Gasteiger partial charge in [-0.25, -0.2) is 0 Å². The normalized spacial score (nSPS) is 53.4. The summed E-state index contributed by atoms with van der Waals surface area (Å²) in [6.07, 6.45) is 7.08. The van der Waals surface area contributed by atoms with E-state index >= 15 is 0 Å². The van der Waals surface area contributed by atoms with Crippen LogP contribution in [0.4, 0.5) is 0 Å². The van der Waals surface area contributed by atoms with Crippen molar-refractivity contribution < 1.29 is 34.0 Å². The Labute approximate surface area is 246 Å². The molecule has 1 heterocycles. The molecular formula is C34H54O7. The fourth-order valence-electron chi connectivity index (χ4n) is 12.8. The first-order chi connectivity index (χ1) is 18.8. The molecule has 1 aliphatic heterocycles. The van der Waals surface area contributed by atoms with E-state index in [1.807, 2.05) is 13.8 Å². The molecule has 0 radical (unpaired) electrons. The van der Waals surface area contributed by atoms with Crippen molar-refractivity contribution in [3.05, 3.63) is 0 Å². The summed E-state index contributed by atoms with van der Waals surface area (Å²) in [6, 6.07) is 0. The molecule has 232 valence electrons. The molecule has 2 spiro atoms. The van der Waals surface area contributed by atoms with Gasteiger partial charge < -0.3 is 24.4 Å². The van der Waals surface area contributed by atoms with Gasteiger partial charge in [0.2, 0.25) is 0 Å². The van der Waals surface area contributed by atoms with Crippen molar-refractivity contribution in [1.82, 2.24) is 0 Å². The number of carbonyl (C=O) groups excluding carboxylic acids is 2. The van der Waals surface area contributed by atoms with Gasteiger partial charge in [-0.2, -0.15) is 0 Å². The molecule has 0 amide bonds. The van der Waals surface area contributed by atoms with Crippen LogP contribution < -0.4 is 0 Å². The molecule has 6 aliphatic rings. The van der Waals surface area contributed by atoms with Crippen LogP contribution in [0.1, 0.15) is 120 Å². The second kappa shape index (κ2) is 8.72. The molecule has 7 nitrogen and oxygen atoms in total. The Bertz CT molecular complexity index is 1130. The first-order valence-electron chi connectivity index (χ1n) is 16.2. The van der Waals surface area contributed by atoms with Gasteiger partial charge in [0.25, 0.3) is 0 Å². The van der Waals surface area contributed by atoms with Crippen LogP contribution in [0.25, 0.3) is 0 Å². The van der Waals surface area contributed by atoms with Gasteiger partial charge in [-0.1, -0.05) is 27.7 Å². The van der Waals surface area contributed by atoms with Crippen molar-refractivity contribution in [2.75, 3.05) is 0 Å². The Morgan fingerprint density at radius 3 is 2.10 bits per heavy atom. The first kappa shape index (κ1) is 29.9. The lowest BCUT2D eigenvalue weighted by atomic mass is 9.41. The molecule has 41 heavy (non-hydrogen) atoms. The Balaban J connectivity index is 1.38. The van der Waals surface area contributed by atoms with Gasteiger partial charge in [0.1, 0.15) is 12.2 Å². The van der Waals surface area contributed by atoms with Gasteiger partial charge in [0, 0.05) is 31.1 Å². The maximum atomic E-state index is 12.6. The van der Waals surface area contributed by atoms with Gasteiger partial charge >= 0.3 is 11.9 Å². The van der Waals surface area contributed by atoms with Crippen LogP contribution in [0.5, 0.6) is 0 Å². The van der Waals surface area contributed by atoms with Crippen molar-refractivity contribution >= 4 is 11.9 Å². The zero-order valence-electron chi connectivity index (χ0n) is 26.8. The number of fused-ring (bicyclic) bond motifs is 2. The molecule has 7 heteroatoms. The number of aliphatic hydroxyl groups excluding tert-OH is 1. The summed E-state index contributed by atoms with van der Waals surface area (Å²) in [5, 5.41) is 22.7. The fraction of sp³-hybridized carbons (Fsp3) is 0.941. The number of aliphatic hydroxyl groups is 2. The largest absolute Gasteiger partial charge is 0.462 e. The lowest BCUT2D eigenvalue weighted by molar-refractivity contribution is -0.224. The molecule has 0 bridgehead atoms. The fourth-order valence-corrected chi connectivity index (χ4v) is 12.8. The van der Waals surface area contributed by atoms with Crippen LogP contribution in [0.15, 0.2) is 0 Å². The van der Waals surface area contributed by atoms with E-state index in [-0.39, 0.29) is 69.2 Å². The first-order valence-corrected chi connectivity index (χ1v) is 16.2. The smallest absolute Gasteiger partial charge is 0.302 e. The molecule has 0 aromatic rings. The van der Waals surface area contributed by atoms with Crippen LogP contribution in [0, 0.1) is 44.8 Å². The summed E-state index contributed by atoms with van der Waals surface area (Å²) in [5.74, 6) is -0.0675. The molecule has 5 saturated carbocycles. The minimum atomic E-state index is -0.921. The third-order valence-electron chi connectivity index (χ3n) is 14.3. The monoisotopic (exact) mass is 574 g/mol. The number of esters is 2. The second-order valence-electron chi connectivity index (χ2n) is 17.1. The number of ether oxygens (including phenoxy) is 3. The van der Waals surface area contributed by atoms with Crippen LogP contribution in [-0.4, -0.2) is 57.8 Å². The van der Waals surface area contributed by atoms with E-state index in [1.165, 1.54) is 13.8 Å². The molecular weight excluding hydrogens is 520 g/mol. The van der Waals surface area contributed by atoms with Crippen molar-refractivity contribution in [3.63, 3.8) is 0 Å². The highest BCUT2D eigenvalue weighted by molar-refractivity contribution is 5.67.